The molecule has 1 amide bonds. The molecular weight excluding hydrogens is 274 g/mol. The Bertz CT molecular complexity index is 498. The van der Waals surface area contributed by atoms with Gasteiger partial charge in [0.25, 0.3) is 0 Å². The number of nitrogens with zero attached hydrogens (tertiary/aromatic N) is 2. The highest BCUT2D eigenvalue weighted by Gasteiger charge is 2.36. The summed E-state index contributed by atoms with van der Waals surface area (Å²) < 4.78 is 0. The van der Waals surface area contributed by atoms with E-state index in [9.17, 15) is 4.79 Å². The van der Waals surface area contributed by atoms with Crippen LogP contribution in [0.15, 0.2) is 18.3 Å². The Morgan fingerprint density at radius 1 is 1.25 bits per heavy atom. The van der Waals surface area contributed by atoms with E-state index in [1.54, 1.807) is 6.20 Å². The number of pyridine rings is 1. The van der Waals surface area contributed by atoms with Crippen LogP contribution in [0.4, 0.5) is 5.82 Å². The molecule has 0 atom stereocenters. The number of carbonyl (C=O) groups is 1. The van der Waals surface area contributed by atoms with Gasteiger partial charge < -0.3 is 10.2 Å². The van der Waals surface area contributed by atoms with Gasteiger partial charge in [0.1, 0.15) is 5.82 Å². The smallest absolute Gasteiger partial charge is 0.220 e. The van der Waals surface area contributed by atoms with E-state index in [2.05, 4.69) is 15.2 Å². The third-order valence-corrected chi connectivity index (χ3v) is 5.02. The standard InChI is InChI=1S/C15H20ClN3O/c16-12-2-1-8-18-14(12)19-10-6-15(7-11-19)4-3-13(20)17-9-5-15/h1-2,8H,3-7,9-11H2,(H,17,20). The van der Waals surface area contributed by atoms with Gasteiger partial charge >= 0.3 is 0 Å². The van der Waals surface area contributed by atoms with Crippen molar-refractivity contribution in [3.63, 3.8) is 0 Å². The Kier molecular flexibility index (Phi) is 3.83. The van der Waals surface area contributed by atoms with Gasteiger partial charge in [-0.15, -0.1) is 0 Å². The molecule has 3 heterocycles. The molecule has 0 unspecified atom stereocenters. The second kappa shape index (κ2) is 5.60. The summed E-state index contributed by atoms with van der Waals surface area (Å²) in [5, 5.41) is 3.71. The lowest BCUT2D eigenvalue weighted by molar-refractivity contribution is -0.120. The fourth-order valence-corrected chi connectivity index (χ4v) is 3.60. The molecule has 1 aromatic heterocycles. The fourth-order valence-electron chi connectivity index (χ4n) is 3.36. The number of aromatic nitrogens is 1. The third kappa shape index (κ3) is 2.75. The van der Waals surface area contributed by atoms with Crippen LogP contribution >= 0.6 is 11.6 Å². The molecule has 5 heteroatoms. The topological polar surface area (TPSA) is 45.2 Å². The maximum absolute atomic E-state index is 11.5. The van der Waals surface area contributed by atoms with Crippen LogP contribution in [-0.4, -0.2) is 30.5 Å². The van der Waals surface area contributed by atoms with E-state index in [1.807, 2.05) is 12.1 Å². The fraction of sp³-hybridized carbons (Fsp3) is 0.600. The maximum atomic E-state index is 11.5. The van der Waals surface area contributed by atoms with Crippen molar-refractivity contribution in [3.05, 3.63) is 23.4 Å². The number of nitrogens with one attached hydrogen (secondary N) is 1. The van der Waals surface area contributed by atoms with Crippen LogP contribution in [0.25, 0.3) is 0 Å². The second-order valence-electron chi connectivity index (χ2n) is 5.90. The van der Waals surface area contributed by atoms with Gasteiger partial charge in [-0.1, -0.05) is 11.6 Å². The molecular formula is C15H20ClN3O. The lowest BCUT2D eigenvalue weighted by Gasteiger charge is -2.42. The molecule has 2 aliphatic heterocycles. The van der Waals surface area contributed by atoms with Crippen LogP contribution in [0.5, 0.6) is 0 Å². The number of rotatable bonds is 1. The predicted molar refractivity (Wildman–Crippen MR) is 80.0 cm³/mol. The molecule has 0 radical (unpaired) electrons. The van der Waals surface area contributed by atoms with E-state index in [0.717, 1.165) is 56.2 Å². The number of halogens is 1. The zero-order valence-electron chi connectivity index (χ0n) is 11.6. The monoisotopic (exact) mass is 293 g/mol. The summed E-state index contributed by atoms with van der Waals surface area (Å²) in [5.74, 6) is 1.10. The molecule has 0 saturated carbocycles. The number of hydrogen-bond acceptors (Lipinski definition) is 3. The first kappa shape index (κ1) is 13.7. The molecule has 1 spiro atoms. The Morgan fingerprint density at radius 2 is 2.05 bits per heavy atom. The van der Waals surface area contributed by atoms with Gasteiger partial charge in [0.15, 0.2) is 0 Å². The first-order valence-electron chi connectivity index (χ1n) is 7.31. The van der Waals surface area contributed by atoms with Crippen molar-refractivity contribution in [2.24, 2.45) is 5.41 Å². The highest BCUT2D eigenvalue weighted by atomic mass is 35.5. The van der Waals surface area contributed by atoms with Gasteiger partial charge in [-0.3, -0.25) is 4.79 Å². The Labute approximate surface area is 124 Å². The molecule has 1 aromatic rings. The van der Waals surface area contributed by atoms with Gasteiger partial charge in [0.2, 0.25) is 5.91 Å². The van der Waals surface area contributed by atoms with Crippen LogP contribution in [0.1, 0.15) is 32.1 Å². The lowest BCUT2D eigenvalue weighted by atomic mass is 9.73. The van der Waals surface area contributed by atoms with Crippen molar-refractivity contribution in [2.75, 3.05) is 24.5 Å². The molecule has 4 nitrogen and oxygen atoms in total. The molecule has 0 aliphatic carbocycles. The summed E-state index contributed by atoms with van der Waals surface area (Å²) in [4.78, 5) is 18.2. The number of piperidine rings is 1. The molecule has 1 N–H and O–H groups in total. The highest BCUT2D eigenvalue weighted by molar-refractivity contribution is 6.32. The zero-order chi connectivity index (χ0) is 14.0. The van der Waals surface area contributed by atoms with E-state index < -0.39 is 0 Å². The largest absolute Gasteiger partial charge is 0.356 e. The minimum absolute atomic E-state index is 0.206. The maximum Gasteiger partial charge on any atom is 0.220 e. The Morgan fingerprint density at radius 3 is 2.80 bits per heavy atom. The van der Waals surface area contributed by atoms with Gasteiger partial charge in [-0.05, 0) is 43.2 Å². The molecule has 108 valence electrons. The van der Waals surface area contributed by atoms with Gasteiger partial charge in [-0.2, -0.15) is 0 Å². The second-order valence-corrected chi connectivity index (χ2v) is 6.30. The van der Waals surface area contributed by atoms with Crippen molar-refractivity contribution in [3.8, 4) is 0 Å². The van der Waals surface area contributed by atoms with Crippen LogP contribution in [0, 0.1) is 5.41 Å². The SMILES string of the molecule is O=C1CCC2(CCN1)CCN(c1ncccc1Cl)CC2. The average Bonchev–Trinajstić information content (AvgIpc) is 2.64. The molecule has 0 bridgehead atoms. The lowest BCUT2D eigenvalue weighted by Crippen LogP contribution is -2.41. The van der Waals surface area contributed by atoms with Crippen LogP contribution in [0.3, 0.4) is 0 Å². The highest BCUT2D eigenvalue weighted by Crippen LogP contribution is 2.41. The number of hydrogen-bond donors (Lipinski definition) is 1. The number of amides is 1. The van der Waals surface area contributed by atoms with Gasteiger partial charge in [0, 0.05) is 32.3 Å². The molecule has 2 saturated heterocycles. The first-order chi connectivity index (χ1) is 9.69. The van der Waals surface area contributed by atoms with Crippen LogP contribution in [0.2, 0.25) is 5.02 Å². The molecule has 3 rings (SSSR count). The summed E-state index contributed by atoms with van der Waals surface area (Å²) in [6, 6.07) is 3.75. The molecule has 2 aliphatic rings. The average molecular weight is 294 g/mol. The van der Waals surface area contributed by atoms with Gasteiger partial charge in [0.05, 0.1) is 5.02 Å². The number of carbonyl (C=O) groups excluding carboxylic acids is 1. The normalized spacial score (nSPS) is 22.4. The van der Waals surface area contributed by atoms with Crippen molar-refractivity contribution >= 4 is 23.3 Å². The Hall–Kier alpha value is -1.29. The van der Waals surface area contributed by atoms with E-state index in [4.69, 9.17) is 11.6 Å². The summed E-state index contributed by atoms with van der Waals surface area (Å²) in [5.41, 5.74) is 0.330. The van der Waals surface area contributed by atoms with Crippen LogP contribution in [-0.2, 0) is 4.79 Å². The summed E-state index contributed by atoms with van der Waals surface area (Å²) in [7, 11) is 0. The minimum Gasteiger partial charge on any atom is -0.356 e. The number of anilines is 1. The van der Waals surface area contributed by atoms with E-state index in [1.165, 1.54) is 0 Å². The predicted octanol–water partition coefficient (Wildman–Crippen LogP) is 2.62. The molecule has 0 aromatic carbocycles. The first-order valence-corrected chi connectivity index (χ1v) is 7.69. The van der Waals surface area contributed by atoms with E-state index >= 15 is 0 Å². The van der Waals surface area contributed by atoms with E-state index in [-0.39, 0.29) is 5.91 Å². The molecule has 20 heavy (non-hydrogen) atoms. The van der Waals surface area contributed by atoms with Crippen molar-refractivity contribution in [2.45, 2.75) is 32.1 Å². The summed E-state index contributed by atoms with van der Waals surface area (Å²) in [6.07, 6.45) is 6.82. The van der Waals surface area contributed by atoms with Crippen LogP contribution < -0.4 is 10.2 Å². The summed E-state index contributed by atoms with van der Waals surface area (Å²) >= 11 is 6.22. The van der Waals surface area contributed by atoms with Crippen molar-refractivity contribution < 1.29 is 4.79 Å². The Balaban J connectivity index is 1.67. The van der Waals surface area contributed by atoms with Crippen molar-refractivity contribution in [1.29, 1.82) is 0 Å². The summed E-state index contributed by atoms with van der Waals surface area (Å²) in [6.45, 7) is 2.78. The van der Waals surface area contributed by atoms with E-state index in [0.29, 0.717) is 11.8 Å². The van der Waals surface area contributed by atoms with Gasteiger partial charge in [-0.25, -0.2) is 4.98 Å². The zero-order valence-corrected chi connectivity index (χ0v) is 12.3. The molecule has 2 fully saturated rings. The quantitative estimate of drug-likeness (QED) is 0.866. The van der Waals surface area contributed by atoms with Crippen molar-refractivity contribution in [1.82, 2.24) is 10.3 Å². The third-order valence-electron chi connectivity index (χ3n) is 4.72. The minimum atomic E-state index is 0.206.